The van der Waals surface area contributed by atoms with Crippen LogP contribution in [0, 0.1) is 39.3 Å². The number of fused-ring (bicyclic) bond motifs is 2. The van der Waals surface area contributed by atoms with Crippen LogP contribution in [0.5, 0.6) is 0 Å². The maximum atomic E-state index is 16.0. The van der Waals surface area contributed by atoms with Gasteiger partial charge in [-0.2, -0.15) is 0 Å². The normalized spacial score (nSPS) is 18.7. The van der Waals surface area contributed by atoms with E-state index in [0.717, 1.165) is 146 Å². The molecule has 2 aromatic carbocycles. The van der Waals surface area contributed by atoms with Crippen molar-refractivity contribution in [1.29, 1.82) is 0 Å². The van der Waals surface area contributed by atoms with E-state index in [4.69, 9.17) is 4.98 Å². The lowest BCUT2D eigenvalue weighted by Gasteiger charge is -2.40. The van der Waals surface area contributed by atoms with Gasteiger partial charge in [0, 0.05) is 148 Å². The SMILES string of the molecule is CCN(c1cc(-c2ccc(N3CCN(C)CC3)nc2)cc2c(NCc3c(C)cc(C)[nH]c3=O)ncc(F)c12)C1CCC(N(C)C)CC1.CCN(c1cc(Br)cc2c(NCc3c(C)cc(C)[nH]c3=O)ncc(F)c12)C1CCC(N(C)C)CC1. The third-order valence-electron chi connectivity index (χ3n) is 17.5. The fraction of sp³-hybridized carbons (Fsp3) is 0.484. The van der Waals surface area contributed by atoms with Crippen LogP contribution in [0.25, 0.3) is 32.7 Å². The molecule has 438 valence electrons. The number of rotatable bonds is 16. The molecule has 3 fully saturated rings. The van der Waals surface area contributed by atoms with Gasteiger partial charge < -0.3 is 50.0 Å². The lowest BCUT2D eigenvalue weighted by molar-refractivity contribution is 0.214. The molecule has 15 nitrogen and oxygen atoms in total. The van der Waals surface area contributed by atoms with Crippen molar-refractivity contribution < 1.29 is 8.78 Å². The predicted octanol–water partition coefficient (Wildman–Crippen LogP) is 11.6. The number of hydrogen-bond donors (Lipinski definition) is 4. The molecule has 0 atom stereocenters. The van der Waals surface area contributed by atoms with Crippen LogP contribution in [0.3, 0.4) is 0 Å². The first kappa shape index (κ1) is 60.1. The van der Waals surface area contributed by atoms with Gasteiger partial charge in [-0.25, -0.2) is 23.7 Å². The molecule has 2 aliphatic carbocycles. The molecule has 3 aliphatic rings. The molecule has 0 unspecified atom stereocenters. The van der Waals surface area contributed by atoms with Crippen LogP contribution in [0.4, 0.5) is 37.6 Å². The molecular weight excluding hydrogens is 1100 g/mol. The van der Waals surface area contributed by atoms with E-state index in [1.807, 2.05) is 64.2 Å². The minimum atomic E-state index is -0.347. The van der Waals surface area contributed by atoms with E-state index in [0.29, 0.717) is 75.0 Å². The summed E-state index contributed by atoms with van der Waals surface area (Å²) in [7, 11) is 10.8. The van der Waals surface area contributed by atoms with E-state index in [2.05, 4.69) is 143 Å². The minimum absolute atomic E-state index is 0.117. The Bertz CT molecular complexity index is 3470. The third kappa shape index (κ3) is 13.5. The Kier molecular flexibility index (Phi) is 19.4. The van der Waals surface area contributed by atoms with Crippen LogP contribution < -0.4 is 36.5 Å². The number of H-pyrrole nitrogens is 2. The molecule has 1 aliphatic heterocycles. The van der Waals surface area contributed by atoms with Crippen molar-refractivity contribution in [2.45, 2.75) is 130 Å². The summed E-state index contributed by atoms with van der Waals surface area (Å²) < 4.78 is 32.2. The highest BCUT2D eigenvalue weighted by molar-refractivity contribution is 9.10. The number of likely N-dealkylation sites (N-methyl/N-ethyl adjacent to an activating group) is 1. The molecule has 18 heteroatoms. The van der Waals surface area contributed by atoms with Gasteiger partial charge in [0.2, 0.25) is 0 Å². The molecule has 1 saturated heterocycles. The van der Waals surface area contributed by atoms with Crippen molar-refractivity contribution in [3.05, 3.63) is 138 Å². The van der Waals surface area contributed by atoms with Gasteiger partial charge in [-0.1, -0.05) is 15.9 Å². The largest absolute Gasteiger partial charge is 0.368 e. The molecular formula is C64H84BrF2N13O2. The van der Waals surface area contributed by atoms with Gasteiger partial charge in [-0.05, 0) is 193 Å². The van der Waals surface area contributed by atoms with Gasteiger partial charge in [-0.15, -0.1) is 0 Å². The van der Waals surface area contributed by atoms with Gasteiger partial charge in [0.25, 0.3) is 11.1 Å². The van der Waals surface area contributed by atoms with E-state index >= 15 is 8.78 Å². The summed E-state index contributed by atoms with van der Waals surface area (Å²) in [6.07, 6.45) is 13.3. The first-order valence-corrected chi connectivity index (χ1v) is 30.1. The van der Waals surface area contributed by atoms with Crippen LogP contribution in [0.15, 0.2) is 81.2 Å². The van der Waals surface area contributed by atoms with Gasteiger partial charge >= 0.3 is 0 Å². The van der Waals surface area contributed by atoms with Crippen LogP contribution in [-0.4, -0.2) is 138 Å². The molecule has 2 saturated carbocycles. The van der Waals surface area contributed by atoms with Gasteiger partial charge in [0.15, 0.2) is 11.6 Å². The molecule has 0 spiro atoms. The van der Waals surface area contributed by atoms with Gasteiger partial charge in [0.05, 0.1) is 12.4 Å². The second-order valence-electron chi connectivity index (χ2n) is 23.4. The van der Waals surface area contributed by atoms with E-state index in [9.17, 15) is 9.59 Å². The summed E-state index contributed by atoms with van der Waals surface area (Å²) in [5, 5.41) is 9.22. The van der Waals surface area contributed by atoms with Crippen LogP contribution in [0.1, 0.15) is 98.9 Å². The minimum Gasteiger partial charge on any atom is -0.368 e. The zero-order valence-corrected chi connectivity index (χ0v) is 51.5. The Hall–Kier alpha value is -6.47. The standard InChI is InChI=1S/C37H49FN8O.C27H35BrFN5O/c1-7-46(29-11-9-28(10-12-29)43(4)5)33-20-27(26-8-13-34(39-21-26)45-16-14-44(6)15-17-45)19-30-35(33)32(38)23-41-36(30)40-22-31-24(2)18-25(3)42-37(31)47;1-6-34(20-9-7-19(8-10-20)33(4)5)24-13-18(28)12-21-25(24)23(29)15-31-26(21)30-14-22-16(2)11-17(3)32-27(22)35/h8,13,18-21,23,28-29H,7,9-12,14-17,22H2,1-6H3,(H,40,41)(H,42,47);11-13,15,19-20H,6-10,14H2,1-5H3,(H,30,31)(H,32,35). The summed E-state index contributed by atoms with van der Waals surface area (Å²) in [4.78, 5) is 58.9. The number of aromatic nitrogens is 5. The van der Waals surface area contributed by atoms with Crippen molar-refractivity contribution in [3.8, 4) is 11.1 Å². The maximum absolute atomic E-state index is 16.0. The first-order valence-electron chi connectivity index (χ1n) is 29.3. The second-order valence-corrected chi connectivity index (χ2v) is 24.3. The number of nitrogens with zero attached hydrogens (tertiary/aromatic N) is 9. The van der Waals surface area contributed by atoms with Crippen LogP contribution >= 0.6 is 15.9 Å². The number of benzene rings is 2. The highest BCUT2D eigenvalue weighted by atomic mass is 79.9. The third-order valence-corrected chi connectivity index (χ3v) is 18.0. The fourth-order valence-electron chi connectivity index (χ4n) is 12.9. The quantitative estimate of drug-likeness (QED) is 0.0728. The number of nitrogens with one attached hydrogen (secondary N) is 4. The molecule has 5 aromatic heterocycles. The van der Waals surface area contributed by atoms with Gasteiger partial charge in [-0.3, -0.25) is 9.59 Å². The smallest absolute Gasteiger partial charge is 0.253 e. The second kappa shape index (κ2) is 26.4. The molecule has 0 radical (unpaired) electrons. The number of aromatic amines is 2. The topological polar surface area (TPSA) is 148 Å². The van der Waals surface area contributed by atoms with Crippen LogP contribution in [-0.2, 0) is 13.1 Å². The molecule has 7 aromatic rings. The molecule has 4 N–H and O–H groups in total. The summed E-state index contributed by atoms with van der Waals surface area (Å²) >= 11 is 3.65. The molecule has 82 heavy (non-hydrogen) atoms. The average molecular weight is 1190 g/mol. The van der Waals surface area contributed by atoms with Crippen molar-refractivity contribution in [2.24, 2.45) is 0 Å². The highest BCUT2D eigenvalue weighted by Gasteiger charge is 2.31. The average Bonchev–Trinajstić information content (AvgIpc) is 3.57. The monoisotopic (exact) mass is 1180 g/mol. The van der Waals surface area contributed by atoms with Crippen LogP contribution in [0.2, 0.25) is 0 Å². The lowest BCUT2D eigenvalue weighted by Crippen LogP contribution is -2.44. The Morgan fingerprint density at radius 2 is 1.04 bits per heavy atom. The van der Waals surface area contributed by atoms with E-state index in [1.54, 1.807) is 0 Å². The van der Waals surface area contributed by atoms with Crippen molar-refractivity contribution in [2.75, 3.05) is 99.8 Å². The number of piperazine rings is 1. The van der Waals surface area contributed by atoms with E-state index in [1.165, 1.54) is 12.4 Å². The molecule has 0 amide bonds. The first-order chi connectivity index (χ1) is 39.3. The maximum Gasteiger partial charge on any atom is 0.253 e. The van der Waals surface area contributed by atoms with Crippen molar-refractivity contribution >= 4 is 66.3 Å². The Labute approximate surface area is 491 Å². The predicted molar refractivity (Wildman–Crippen MR) is 337 cm³/mol. The Balaban J connectivity index is 0.000000206. The molecule has 10 rings (SSSR count). The molecule has 6 heterocycles. The fourth-order valence-corrected chi connectivity index (χ4v) is 13.3. The number of halogens is 3. The number of pyridine rings is 5. The Morgan fingerprint density at radius 3 is 1.46 bits per heavy atom. The zero-order valence-electron chi connectivity index (χ0n) is 49.9. The zero-order chi connectivity index (χ0) is 58.5. The van der Waals surface area contributed by atoms with Crippen molar-refractivity contribution in [1.82, 2.24) is 39.6 Å². The number of hydrogen-bond acceptors (Lipinski definition) is 13. The number of aryl methyl sites for hydroxylation is 4. The van der Waals surface area contributed by atoms with E-state index in [-0.39, 0.29) is 29.3 Å². The lowest BCUT2D eigenvalue weighted by atomic mass is 9.88. The van der Waals surface area contributed by atoms with Gasteiger partial charge in [0.1, 0.15) is 17.5 Å². The summed E-state index contributed by atoms with van der Waals surface area (Å²) in [5.41, 5.74) is 8.22. The Morgan fingerprint density at radius 1 is 0.585 bits per heavy atom. The van der Waals surface area contributed by atoms with Crippen molar-refractivity contribution in [3.63, 3.8) is 0 Å². The molecule has 0 bridgehead atoms. The highest BCUT2D eigenvalue weighted by Crippen LogP contribution is 2.42. The summed E-state index contributed by atoms with van der Waals surface area (Å²) in [5.74, 6) is 1.41. The summed E-state index contributed by atoms with van der Waals surface area (Å²) in [6, 6.07) is 18.1. The number of anilines is 5. The summed E-state index contributed by atoms with van der Waals surface area (Å²) in [6.45, 7) is 18.0. The van der Waals surface area contributed by atoms with E-state index < -0.39 is 0 Å².